The number of imidazole rings is 1. The van der Waals surface area contributed by atoms with Crippen molar-refractivity contribution in [2.45, 2.75) is 51.7 Å². The molecule has 2 unspecified atom stereocenters. The maximum atomic E-state index is 15.0. The van der Waals surface area contributed by atoms with Crippen molar-refractivity contribution in [1.82, 2.24) is 34.7 Å². The van der Waals surface area contributed by atoms with Gasteiger partial charge in [0.2, 0.25) is 5.95 Å². The molecule has 0 spiro atoms. The molecule has 2 fully saturated rings. The topological polar surface area (TPSA) is 101 Å². The van der Waals surface area contributed by atoms with Gasteiger partial charge in [-0.05, 0) is 57.9 Å². The van der Waals surface area contributed by atoms with Crippen molar-refractivity contribution < 1.29 is 13.6 Å². The van der Waals surface area contributed by atoms with Gasteiger partial charge in [-0.3, -0.25) is 4.79 Å². The molecule has 0 aliphatic carbocycles. The number of benzene rings is 1. The molecular weight excluding hydrogens is 490 g/mol. The van der Waals surface area contributed by atoms with Crippen molar-refractivity contribution in [1.29, 1.82) is 0 Å². The molecule has 2 bridgehead atoms. The number of rotatable bonds is 5. The zero-order valence-electron chi connectivity index (χ0n) is 21.4. The zero-order valence-corrected chi connectivity index (χ0v) is 21.4. The quantitative estimate of drug-likeness (QED) is 0.405. The molecule has 9 nitrogen and oxygen atoms in total. The van der Waals surface area contributed by atoms with Gasteiger partial charge >= 0.3 is 0 Å². The summed E-state index contributed by atoms with van der Waals surface area (Å²) >= 11 is 0. The Morgan fingerprint density at radius 3 is 2.50 bits per heavy atom. The Labute approximate surface area is 218 Å². The van der Waals surface area contributed by atoms with Crippen LogP contribution in [0, 0.1) is 18.6 Å². The number of halogens is 2. The molecule has 5 heterocycles. The zero-order chi connectivity index (χ0) is 26.6. The Bertz CT molecular complexity index is 1520. The van der Waals surface area contributed by atoms with E-state index in [0.29, 0.717) is 22.7 Å². The number of carbonyl (C=O) groups is 1. The summed E-state index contributed by atoms with van der Waals surface area (Å²) in [7, 11) is 0. The fourth-order valence-electron chi connectivity index (χ4n) is 5.66. The number of pyridine rings is 1. The molecule has 2 aliphatic heterocycles. The average Bonchev–Trinajstić information content (AvgIpc) is 3.37. The van der Waals surface area contributed by atoms with Crippen molar-refractivity contribution in [3.63, 3.8) is 0 Å². The van der Waals surface area contributed by atoms with Gasteiger partial charge in [0.25, 0.3) is 5.91 Å². The highest BCUT2D eigenvalue weighted by molar-refractivity contribution is 5.95. The number of aromatic nitrogens is 5. The second-order valence-electron chi connectivity index (χ2n) is 10.2. The summed E-state index contributed by atoms with van der Waals surface area (Å²) in [5.41, 5.74) is 1.55. The molecule has 1 aromatic carbocycles. The summed E-state index contributed by atoms with van der Waals surface area (Å²) in [6.45, 7) is 7.40. The average molecular weight is 519 g/mol. The van der Waals surface area contributed by atoms with Crippen molar-refractivity contribution in [2.24, 2.45) is 0 Å². The maximum Gasteiger partial charge on any atom is 0.256 e. The third kappa shape index (κ3) is 4.16. The first kappa shape index (κ1) is 24.4. The van der Waals surface area contributed by atoms with E-state index in [-0.39, 0.29) is 46.8 Å². The standard InChI is InChI=1S/C27H28F2N8O/c1-14(2)36-15(3)33-25-20(28)8-17(9-22(25)36)24-21(29)13-32-27(35-24)34-23-7-4-16(10-31-23)26(38)37-18-5-6-19(37)12-30-11-18/h4,7-10,13-14,18-19,30H,5-6,11-12H2,1-3H3,(H,31,32,34,35). The normalized spacial score (nSPS) is 18.9. The first-order valence-corrected chi connectivity index (χ1v) is 12.8. The van der Waals surface area contributed by atoms with Gasteiger partial charge in [-0.2, -0.15) is 0 Å². The van der Waals surface area contributed by atoms with Gasteiger partial charge in [0.15, 0.2) is 11.6 Å². The van der Waals surface area contributed by atoms with Gasteiger partial charge in [-0.1, -0.05) is 0 Å². The number of piperazine rings is 1. The molecule has 11 heteroatoms. The highest BCUT2D eigenvalue weighted by Gasteiger charge is 2.39. The smallest absolute Gasteiger partial charge is 0.256 e. The lowest BCUT2D eigenvalue weighted by Crippen LogP contribution is -2.54. The van der Waals surface area contributed by atoms with Gasteiger partial charge in [0.1, 0.15) is 22.9 Å². The molecule has 0 radical (unpaired) electrons. The van der Waals surface area contributed by atoms with Crippen LogP contribution in [0.5, 0.6) is 0 Å². The summed E-state index contributed by atoms with van der Waals surface area (Å²) in [5.74, 6) is -0.0749. The minimum Gasteiger partial charge on any atom is -0.330 e. The number of anilines is 2. The number of nitrogens with one attached hydrogen (secondary N) is 2. The van der Waals surface area contributed by atoms with Crippen LogP contribution in [0.3, 0.4) is 0 Å². The van der Waals surface area contributed by atoms with Crippen molar-refractivity contribution in [3.05, 3.63) is 59.7 Å². The van der Waals surface area contributed by atoms with Crippen LogP contribution in [0.15, 0.2) is 36.7 Å². The third-order valence-corrected chi connectivity index (χ3v) is 7.32. The molecule has 0 saturated carbocycles. The van der Waals surface area contributed by atoms with Crippen LogP contribution in [0.1, 0.15) is 48.9 Å². The molecule has 6 rings (SSSR count). The van der Waals surface area contributed by atoms with Crippen LogP contribution in [-0.4, -0.2) is 60.5 Å². The van der Waals surface area contributed by atoms with E-state index in [2.05, 4.69) is 30.6 Å². The predicted molar refractivity (Wildman–Crippen MR) is 139 cm³/mol. The maximum absolute atomic E-state index is 15.0. The number of hydrogen-bond donors (Lipinski definition) is 2. The first-order valence-electron chi connectivity index (χ1n) is 12.8. The van der Waals surface area contributed by atoms with Crippen molar-refractivity contribution in [3.8, 4) is 11.3 Å². The highest BCUT2D eigenvalue weighted by atomic mass is 19.1. The van der Waals surface area contributed by atoms with Crippen molar-refractivity contribution in [2.75, 3.05) is 18.4 Å². The van der Waals surface area contributed by atoms with Gasteiger partial charge in [0.05, 0.1) is 17.3 Å². The molecule has 2 N–H and O–H groups in total. The molecule has 38 heavy (non-hydrogen) atoms. The highest BCUT2D eigenvalue weighted by Crippen LogP contribution is 2.31. The lowest BCUT2D eigenvalue weighted by Gasteiger charge is -2.35. The van der Waals surface area contributed by atoms with E-state index in [1.54, 1.807) is 18.2 Å². The molecule has 2 saturated heterocycles. The lowest BCUT2D eigenvalue weighted by molar-refractivity contribution is 0.0619. The second kappa shape index (κ2) is 9.39. The molecule has 2 atom stereocenters. The Hall–Kier alpha value is -3.99. The van der Waals surface area contributed by atoms with Gasteiger partial charge in [-0.15, -0.1) is 0 Å². The Morgan fingerprint density at radius 1 is 1.05 bits per heavy atom. The van der Waals surface area contributed by atoms with Gasteiger partial charge in [0, 0.05) is 43.0 Å². The molecule has 1 amide bonds. The predicted octanol–water partition coefficient (Wildman–Crippen LogP) is 4.38. The van der Waals surface area contributed by atoms with E-state index in [1.807, 2.05) is 30.2 Å². The van der Waals surface area contributed by atoms with E-state index >= 15 is 0 Å². The minimum atomic E-state index is -0.679. The second-order valence-corrected chi connectivity index (χ2v) is 10.2. The van der Waals surface area contributed by atoms with E-state index in [4.69, 9.17) is 0 Å². The third-order valence-electron chi connectivity index (χ3n) is 7.32. The Balaban J connectivity index is 1.26. The van der Waals surface area contributed by atoms with Crippen LogP contribution in [0.25, 0.3) is 22.3 Å². The number of aryl methyl sites for hydroxylation is 1. The molecular formula is C27H28F2N8O. The lowest BCUT2D eigenvalue weighted by atomic mass is 10.1. The van der Waals surface area contributed by atoms with Crippen LogP contribution in [0.2, 0.25) is 0 Å². The summed E-state index contributed by atoms with van der Waals surface area (Å²) in [6, 6.07) is 6.78. The van der Waals surface area contributed by atoms with Crippen molar-refractivity contribution >= 4 is 28.7 Å². The van der Waals surface area contributed by atoms with E-state index in [9.17, 15) is 13.6 Å². The monoisotopic (exact) mass is 518 g/mol. The summed E-state index contributed by atoms with van der Waals surface area (Å²) in [4.78, 5) is 32.1. The Morgan fingerprint density at radius 2 is 1.82 bits per heavy atom. The van der Waals surface area contributed by atoms with E-state index in [0.717, 1.165) is 32.1 Å². The Kier molecular flexibility index (Phi) is 6.02. The van der Waals surface area contributed by atoms with Crippen LogP contribution < -0.4 is 10.6 Å². The van der Waals surface area contributed by atoms with Crippen LogP contribution in [0.4, 0.5) is 20.5 Å². The van der Waals surface area contributed by atoms with E-state index < -0.39 is 11.6 Å². The summed E-state index contributed by atoms with van der Waals surface area (Å²) in [5, 5.41) is 6.33. The number of carbonyl (C=O) groups excluding carboxylic acids is 1. The molecule has 4 aromatic rings. The fraction of sp³-hybridized carbons (Fsp3) is 0.370. The largest absolute Gasteiger partial charge is 0.330 e. The molecule has 3 aromatic heterocycles. The number of fused-ring (bicyclic) bond motifs is 3. The minimum absolute atomic E-state index is 0.0216. The molecule has 196 valence electrons. The summed E-state index contributed by atoms with van der Waals surface area (Å²) < 4.78 is 31.7. The number of amides is 1. The van der Waals surface area contributed by atoms with Crippen LogP contribution in [-0.2, 0) is 0 Å². The fourth-order valence-corrected chi connectivity index (χ4v) is 5.66. The first-order chi connectivity index (χ1) is 18.3. The molecule has 2 aliphatic rings. The number of hydrogen-bond acceptors (Lipinski definition) is 7. The SMILES string of the molecule is Cc1nc2c(F)cc(-c3nc(Nc4ccc(C(=O)N5C6CCC5CNC6)cn4)ncc3F)cc2n1C(C)C. The van der Waals surface area contributed by atoms with Gasteiger partial charge in [-0.25, -0.2) is 28.7 Å². The van der Waals surface area contributed by atoms with E-state index in [1.165, 1.54) is 12.3 Å². The summed E-state index contributed by atoms with van der Waals surface area (Å²) in [6.07, 6.45) is 4.58. The number of nitrogens with zero attached hydrogens (tertiary/aromatic N) is 6. The van der Waals surface area contributed by atoms with Gasteiger partial charge < -0.3 is 20.1 Å². The van der Waals surface area contributed by atoms with Crippen LogP contribution >= 0.6 is 0 Å².